The first-order valence-corrected chi connectivity index (χ1v) is 6.85. The second-order valence-corrected chi connectivity index (χ2v) is 5.26. The predicted molar refractivity (Wildman–Crippen MR) is 71.5 cm³/mol. The van der Waals surface area contributed by atoms with Gasteiger partial charge in [0.2, 0.25) is 0 Å². The summed E-state index contributed by atoms with van der Waals surface area (Å²) in [7, 11) is 0. The fourth-order valence-electron chi connectivity index (χ4n) is 2.84. The summed E-state index contributed by atoms with van der Waals surface area (Å²) in [5.74, 6) is -0.196. The third-order valence-electron chi connectivity index (χ3n) is 3.70. The first-order valence-electron chi connectivity index (χ1n) is 6.85. The second kappa shape index (κ2) is 5.25. The predicted octanol–water partition coefficient (Wildman–Crippen LogP) is 1.62. The van der Waals surface area contributed by atoms with Gasteiger partial charge in [0.25, 0.3) is 5.91 Å². The van der Waals surface area contributed by atoms with E-state index in [0.29, 0.717) is 24.4 Å². The number of nitrogens with zero attached hydrogens (tertiary/aromatic N) is 1. The molecule has 0 saturated carbocycles. The number of hydrogen-bond acceptors (Lipinski definition) is 4. The molecule has 0 N–H and O–H groups in total. The highest BCUT2D eigenvalue weighted by Crippen LogP contribution is 2.28. The van der Waals surface area contributed by atoms with E-state index in [9.17, 15) is 9.59 Å². The number of rotatable bonds is 2. The lowest BCUT2D eigenvalue weighted by molar-refractivity contribution is -0.131. The zero-order valence-corrected chi connectivity index (χ0v) is 11.4. The van der Waals surface area contributed by atoms with Crippen molar-refractivity contribution < 1.29 is 19.1 Å². The fourth-order valence-corrected chi connectivity index (χ4v) is 2.84. The van der Waals surface area contributed by atoms with Gasteiger partial charge in [0.05, 0.1) is 17.8 Å². The van der Waals surface area contributed by atoms with Gasteiger partial charge in [0.1, 0.15) is 5.75 Å². The van der Waals surface area contributed by atoms with Gasteiger partial charge >= 0.3 is 5.97 Å². The van der Waals surface area contributed by atoms with Crippen molar-refractivity contribution in [1.82, 2.24) is 4.90 Å². The molecule has 2 bridgehead atoms. The van der Waals surface area contributed by atoms with Crippen molar-refractivity contribution in [1.29, 1.82) is 0 Å². The Balaban J connectivity index is 1.81. The van der Waals surface area contributed by atoms with Crippen LogP contribution < -0.4 is 4.74 Å². The molecule has 5 heteroatoms. The molecule has 1 aromatic rings. The Kier molecular flexibility index (Phi) is 3.44. The van der Waals surface area contributed by atoms with Crippen LogP contribution in [0.3, 0.4) is 0 Å². The number of carbonyl (C=O) groups excluding carboxylic acids is 2. The Morgan fingerprint density at radius 1 is 1.20 bits per heavy atom. The maximum Gasteiger partial charge on any atom is 0.308 e. The summed E-state index contributed by atoms with van der Waals surface area (Å²) in [5, 5.41) is 0. The van der Waals surface area contributed by atoms with Gasteiger partial charge < -0.3 is 14.4 Å². The molecule has 106 valence electrons. The zero-order chi connectivity index (χ0) is 14.1. The average Bonchev–Trinajstić information content (AvgIpc) is 2.76. The van der Waals surface area contributed by atoms with Gasteiger partial charge in [-0.05, 0) is 25.0 Å². The summed E-state index contributed by atoms with van der Waals surface area (Å²) in [6.07, 6.45) is 2.33. The van der Waals surface area contributed by atoms with Crippen LogP contribution in [0.5, 0.6) is 5.75 Å². The lowest BCUT2D eigenvalue weighted by atomic mass is 10.1. The molecule has 2 unspecified atom stereocenters. The van der Waals surface area contributed by atoms with Crippen LogP contribution in [0.2, 0.25) is 0 Å². The van der Waals surface area contributed by atoms with Crippen molar-refractivity contribution in [3.63, 3.8) is 0 Å². The minimum atomic E-state index is -0.424. The van der Waals surface area contributed by atoms with E-state index in [0.717, 1.165) is 12.8 Å². The van der Waals surface area contributed by atoms with Gasteiger partial charge in [-0.3, -0.25) is 9.59 Å². The zero-order valence-electron chi connectivity index (χ0n) is 11.4. The molecule has 2 aliphatic heterocycles. The molecule has 2 aliphatic rings. The number of hydrogen-bond donors (Lipinski definition) is 0. The minimum absolute atomic E-state index is 0.0953. The van der Waals surface area contributed by atoms with Crippen molar-refractivity contribution in [2.75, 3.05) is 13.1 Å². The number of likely N-dealkylation sites (tertiary alicyclic amines) is 1. The van der Waals surface area contributed by atoms with Crippen molar-refractivity contribution in [3.05, 3.63) is 29.8 Å². The van der Waals surface area contributed by atoms with Gasteiger partial charge in [-0.1, -0.05) is 12.1 Å². The molecular weight excluding hydrogens is 258 g/mol. The number of carbonyl (C=O) groups is 2. The third kappa shape index (κ3) is 2.54. The largest absolute Gasteiger partial charge is 0.426 e. The van der Waals surface area contributed by atoms with Crippen LogP contribution in [0.4, 0.5) is 0 Å². The van der Waals surface area contributed by atoms with Crippen LogP contribution in [0.1, 0.15) is 30.1 Å². The van der Waals surface area contributed by atoms with Crippen molar-refractivity contribution >= 4 is 11.9 Å². The Morgan fingerprint density at radius 2 is 1.85 bits per heavy atom. The first-order chi connectivity index (χ1) is 9.63. The summed E-state index contributed by atoms with van der Waals surface area (Å²) in [6, 6.07) is 6.86. The fraction of sp³-hybridized carbons (Fsp3) is 0.467. The van der Waals surface area contributed by atoms with Gasteiger partial charge in [-0.2, -0.15) is 0 Å². The second-order valence-electron chi connectivity index (χ2n) is 5.26. The summed E-state index contributed by atoms with van der Waals surface area (Å²) in [5.41, 5.74) is 0.434. The van der Waals surface area contributed by atoms with E-state index in [1.165, 1.54) is 6.92 Å². The van der Waals surface area contributed by atoms with E-state index in [4.69, 9.17) is 9.47 Å². The van der Waals surface area contributed by atoms with Crippen LogP contribution in [0, 0.1) is 0 Å². The maximum absolute atomic E-state index is 12.6. The number of amides is 1. The molecule has 0 aromatic heterocycles. The smallest absolute Gasteiger partial charge is 0.308 e. The summed E-state index contributed by atoms with van der Waals surface area (Å²) < 4.78 is 10.8. The van der Waals surface area contributed by atoms with Crippen LogP contribution in [-0.2, 0) is 9.53 Å². The molecule has 5 nitrogen and oxygen atoms in total. The van der Waals surface area contributed by atoms with E-state index in [-0.39, 0.29) is 18.1 Å². The SMILES string of the molecule is CC(=O)Oc1ccccc1C(=O)N1CC2CCC(C1)O2. The molecular formula is C15H17NO4. The molecule has 3 rings (SSSR count). The Labute approximate surface area is 117 Å². The summed E-state index contributed by atoms with van der Waals surface area (Å²) in [4.78, 5) is 25.5. The monoisotopic (exact) mass is 275 g/mol. The molecule has 2 fully saturated rings. The van der Waals surface area contributed by atoms with Gasteiger partial charge in [0, 0.05) is 20.0 Å². The molecule has 0 aliphatic carbocycles. The van der Waals surface area contributed by atoms with Gasteiger partial charge in [-0.25, -0.2) is 0 Å². The van der Waals surface area contributed by atoms with E-state index in [1.54, 1.807) is 29.2 Å². The van der Waals surface area contributed by atoms with E-state index in [2.05, 4.69) is 0 Å². The topological polar surface area (TPSA) is 55.8 Å². The molecule has 0 spiro atoms. The lowest BCUT2D eigenvalue weighted by Gasteiger charge is -2.32. The Bertz CT molecular complexity index is 530. The Hall–Kier alpha value is -1.88. The first kappa shape index (κ1) is 13.1. The quantitative estimate of drug-likeness (QED) is 0.608. The third-order valence-corrected chi connectivity index (χ3v) is 3.70. The van der Waals surface area contributed by atoms with Gasteiger partial charge in [0.15, 0.2) is 0 Å². The molecule has 1 aromatic carbocycles. The number of ether oxygens (including phenoxy) is 2. The number of fused-ring (bicyclic) bond motifs is 2. The number of esters is 1. The average molecular weight is 275 g/mol. The van der Waals surface area contributed by atoms with Crippen LogP contribution in [-0.4, -0.2) is 42.1 Å². The number of benzene rings is 1. The molecule has 0 radical (unpaired) electrons. The van der Waals surface area contributed by atoms with Crippen molar-refractivity contribution in [3.8, 4) is 5.75 Å². The molecule has 2 heterocycles. The Morgan fingerprint density at radius 3 is 2.50 bits per heavy atom. The van der Waals surface area contributed by atoms with Crippen LogP contribution in [0.25, 0.3) is 0 Å². The van der Waals surface area contributed by atoms with E-state index < -0.39 is 5.97 Å². The molecule has 2 saturated heterocycles. The van der Waals surface area contributed by atoms with Gasteiger partial charge in [-0.15, -0.1) is 0 Å². The minimum Gasteiger partial charge on any atom is -0.426 e. The highest BCUT2D eigenvalue weighted by atomic mass is 16.5. The number of morpholine rings is 1. The highest BCUT2D eigenvalue weighted by Gasteiger charge is 2.36. The standard InChI is InChI=1S/C15H17NO4/c1-10(17)19-14-5-3-2-4-13(14)15(18)16-8-11-6-7-12(9-16)20-11/h2-5,11-12H,6-9H2,1H3. The normalized spacial score (nSPS) is 24.6. The molecule has 20 heavy (non-hydrogen) atoms. The lowest BCUT2D eigenvalue weighted by Crippen LogP contribution is -2.45. The molecule has 2 atom stereocenters. The maximum atomic E-state index is 12.6. The van der Waals surface area contributed by atoms with Crippen molar-refractivity contribution in [2.24, 2.45) is 0 Å². The number of para-hydroxylation sites is 1. The van der Waals surface area contributed by atoms with E-state index >= 15 is 0 Å². The van der Waals surface area contributed by atoms with E-state index in [1.807, 2.05) is 0 Å². The summed E-state index contributed by atoms with van der Waals surface area (Å²) in [6.45, 7) is 2.56. The van der Waals surface area contributed by atoms with Crippen LogP contribution >= 0.6 is 0 Å². The summed E-state index contributed by atoms with van der Waals surface area (Å²) >= 11 is 0. The van der Waals surface area contributed by atoms with Crippen LogP contribution in [0.15, 0.2) is 24.3 Å². The highest BCUT2D eigenvalue weighted by molar-refractivity contribution is 5.97. The molecule has 1 amide bonds. The van der Waals surface area contributed by atoms with Crippen molar-refractivity contribution in [2.45, 2.75) is 32.0 Å².